The second-order valence-electron chi connectivity index (χ2n) is 3.13. The van der Waals surface area contributed by atoms with Gasteiger partial charge in [0.1, 0.15) is 0 Å². The molecule has 13 heavy (non-hydrogen) atoms. The molecular formula is C12H10Ba. The molecule has 0 N–H and O–H groups in total. The Hall–Kier alpha value is 0.0114. The molecule has 2 aromatic carbocycles. The number of hydrogen-bond donors (Lipinski definition) is 0. The van der Waals surface area contributed by atoms with E-state index < -0.39 is 0 Å². The van der Waals surface area contributed by atoms with E-state index in [9.17, 15) is 0 Å². The molecular weight excluding hydrogens is 281 g/mol. The van der Waals surface area contributed by atoms with Gasteiger partial charge in [0.25, 0.3) is 0 Å². The summed E-state index contributed by atoms with van der Waals surface area (Å²) in [6.45, 7) is 0. The van der Waals surface area contributed by atoms with Crippen molar-refractivity contribution in [1.82, 2.24) is 0 Å². The summed E-state index contributed by atoms with van der Waals surface area (Å²) in [5.41, 5.74) is 2.70. The van der Waals surface area contributed by atoms with Gasteiger partial charge >= 0.3 is 48.9 Å². The van der Waals surface area contributed by atoms with Crippen LogP contribution in [0.25, 0.3) is 22.9 Å². The van der Waals surface area contributed by atoms with Gasteiger partial charge in [-0.15, -0.1) is 0 Å². The number of hydrogen-bond acceptors (Lipinski definition) is 0. The topological polar surface area (TPSA) is 0 Å². The monoisotopic (exact) mass is 292 g/mol. The molecule has 0 bridgehead atoms. The average Bonchev–Trinajstić information content (AvgIpc) is 2.52. The van der Waals surface area contributed by atoms with Crippen LogP contribution in [0.1, 0.15) is 11.1 Å². The van der Waals surface area contributed by atoms with Crippen LogP contribution in [0.4, 0.5) is 0 Å². The maximum absolute atomic E-state index is 2.18. The van der Waals surface area contributed by atoms with Crippen LogP contribution in [0.3, 0.4) is 0 Å². The van der Waals surface area contributed by atoms with E-state index in [1.54, 1.807) is 0 Å². The molecule has 0 heterocycles. The van der Waals surface area contributed by atoms with Gasteiger partial charge < -0.3 is 0 Å². The first-order valence-electron chi connectivity index (χ1n) is 4.15. The Bertz CT molecular complexity index is 443. The summed E-state index contributed by atoms with van der Waals surface area (Å²) >= 11 is 0. The van der Waals surface area contributed by atoms with Gasteiger partial charge in [-0.2, -0.15) is 0 Å². The Morgan fingerprint density at radius 1 is 0.692 bits per heavy atom. The fraction of sp³-hybridized carbons (Fsp3) is 0. The first-order chi connectivity index (χ1) is 5.95. The fourth-order valence-corrected chi connectivity index (χ4v) is 1.86. The molecule has 3 rings (SSSR count). The van der Waals surface area contributed by atoms with Gasteiger partial charge in [-0.3, -0.25) is 0 Å². The summed E-state index contributed by atoms with van der Waals surface area (Å²) in [5, 5.41) is 2.75. The first-order valence-corrected chi connectivity index (χ1v) is 4.15. The predicted octanol–water partition coefficient (Wildman–Crippen LogP) is 2.41. The number of benzene rings is 2. The quantitative estimate of drug-likeness (QED) is 0.558. The predicted molar refractivity (Wildman–Crippen MR) is 61.4 cm³/mol. The van der Waals surface area contributed by atoms with E-state index in [-0.39, 0.29) is 48.9 Å². The van der Waals surface area contributed by atoms with Gasteiger partial charge in [0.15, 0.2) is 0 Å². The fourth-order valence-electron chi connectivity index (χ4n) is 1.86. The summed E-state index contributed by atoms with van der Waals surface area (Å²) in [5.74, 6) is 0. The zero-order valence-corrected chi connectivity index (χ0v) is 6.62. The van der Waals surface area contributed by atoms with Gasteiger partial charge in [-0.1, -0.05) is 48.6 Å². The molecule has 0 aliphatic heterocycles. The van der Waals surface area contributed by atoms with Crippen LogP contribution in [0.2, 0.25) is 0 Å². The van der Waals surface area contributed by atoms with Gasteiger partial charge in [0, 0.05) is 0 Å². The maximum atomic E-state index is 2.18. The van der Waals surface area contributed by atoms with Crippen LogP contribution in [0.5, 0.6) is 0 Å². The van der Waals surface area contributed by atoms with Gasteiger partial charge in [0.05, 0.1) is 0 Å². The summed E-state index contributed by atoms with van der Waals surface area (Å²) in [6.07, 6.45) is 4.36. The van der Waals surface area contributed by atoms with Crippen molar-refractivity contribution in [3.05, 3.63) is 47.5 Å². The molecule has 1 heteroatoms. The molecule has 0 radical (unpaired) electrons. The molecule has 1 aliphatic carbocycles. The number of rotatable bonds is 0. The third-order valence-corrected chi connectivity index (χ3v) is 2.41. The van der Waals surface area contributed by atoms with E-state index >= 15 is 0 Å². The van der Waals surface area contributed by atoms with Crippen molar-refractivity contribution in [3.8, 4) is 0 Å². The second kappa shape index (κ2) is 3.64. The van der Waals surface area contributed by atoms with E-state index in [0.29, 0.717) is 0 Å². The zero-order valence-electron chi connectivity index (χ0n) is 6.62. The Kier molecular flexibility index (Phi) is 2.68. The van der Waals surface area contributed by atoms with Crippen LogP contribution in [-0.2, 0) is 0 Å². The van der Waals surface area contributed by atoms with Crippen LogP contribution < -0.4 is 0 Å². The van der Waals surface area contributed by atoms with E-state index in [1.807, 2.05) is 0 Å². The molecule has 0 spiro atoms. The molecule has 1 aliphatic rings. The molecule has 60 valence electrons. The molecule has 0 fully saturated rings. The van der Waals surface area contributed by atoms with Crippen molar-refractivity contribution in [3.63, 3.8) is 0 Å². The molecule has 0 atom stereocenters. The molecule has 0 amide bonds. The van der Waals surface area contributed by atoms with Crippen molar-refractivity contribution in [2.45, 2.75) is 0 Å². The third-order valence-electron chi connectivity index (χ3n) is 2.41. The first kappa shape index (κ1) is 9.56. The SMILES string of the molecule is C1=Cc2cccc3cccc1c23.[BaH2]. The Labute approximate surface area is 118 Å². The molecule has 0 saturated heterocycles. The minimum atomic E-state index is 0. The van der Waals surface area contributed by atoms with Crippen LogP contribution in [0.15, 0.2) is 36.4 Å². The summed E-state index contributed by atoms with van der Waals surface area (Å²) in [4.78, 5) is 0. The normalized spacial score (nSPS) is 11.7. The van der Waals surface area contributed by atoms with Crippen molar-refractivity contribution in [2.75, 3.05) is 0 Å². The second-order valence-corrected chi connectivity index (χ2v) is 3.13. The molecule has 0 nitrogen and oxygen atoms in total. The third kappa shape index (κ3) is 1.43. The van der Waals surface area contributed by atoms with Crippen molar-refractivity contribution in [2.24, 2.45) is 0 Å². The minimum absolute atomic E-state index is 0. The molecule has 2 aromatic rings. The standard InChI is InChI=1S/C12H8.Ba.2H/c1-3-9-4-2-6-11-8-7-10(5-1)12(9)11;;;/h1-8H;;;. The molecule has 0 unspecified atom stereocenters. The Morgan fingerprint density at radius 3 is 1.77 bits per heavy atom. The van der Waals surface area contributed by atoms with Crippen LogP contribution in [0, 0.1) is 0 Å². The summed E-state index contributed by atoms with van der Waals surface area (Å²) in [7, 11) is 0. The van der Waals surface area contributed by atoms with Crippen molar-refractivity contribution >= 4 is 71.8 Å². The van der Waals surface area contributed by atoms with Gasteiger partial charge in [-0.25, -0.2) is 0 Å². The van der Waals surface area contributed by atoms with Gasteiger partial charge in [-0.05, 0) is 21.9 Å². The summed E-state index contributed by atoms with van der Waals surface area (Å²) < 4.78 is 0. The Balaban J connectivity index is 0.000000653. The zero-order chi connectivity index (χ0) is 7.97. The summed E-state index contributed by atoms with van der Waals surface area (Å²) in [6, 6.07) is 12.9. The van der Waals surface area contributed by atoms with Crippen molar-refractivity contribution in [1.29, 1.82) is 0 Å². The van der Waals surface area contributed by atoms with Crippen molar-refractivity contribution < 1.29 is 0 Å². The van der Waals surface area contributed by atoms with Crippen LogP contribution in [-0.4, -0.2) is 48.9 Å². The van der Waals surface area contributed by atoms with E-state index in [0.717, 1.165) is 0 Å². The molecule has 0 saturated carbocycles. The van der Waals surface area contributed by atoms with E-state index in [1.165, 1.54) is 21.9 Å². The molecule has 0 aromatic heterocycles. The van der Waals surface area contributed by atoms with Crippen LogP contribution >= 0.6 is 0 Å². The average molecular weight is 292 g/mol. The van der Waals surface area contributed by atoms with Gasteiger partial charge in [0.2, 0.25) is 0 Å². The van der Waals surface area contributed by atoms with E-state index in [4.69, 9.17) is 0 Å². The Morgan fingerprint density at radius 2 is 1.23 bits per heavy atom. The van der Waals surface area contributed by atoms with E-state index in [2.05, 4.69) is 48.6 Å².